The molecule has 26 heavy (non-hydrogen) atoms. The molecule has 0 N–H and O–H groups in total. The Hall–Kier alpha value is -2.17. The van der Waals surface area contributed by atoms with Gasteiger partial charge in [-0.1, -0.05) is 43.2 Å². The number of imide groups is 1. The average molecular weight is 354 g/mol. The van der Waals surface area contributed by atoms with E-state index in [1.165, 1.54) is 12.8 Å². The predicted octanol–water partition coefficient (Wildman–Crippen LogP) is 3.35. The van der Waals surface area contributed by atoms with Gasteiger partial charge in [-0.3, -0.25) is 14.5 Å². The standard InChI is InChI=1S/C21H26N2O3/c1-21(17-12-14-8-10-15(17)11-9-14)19(25)23(20(26)22(21)2)13-18(24)16-6-4-3-5-7-16/h3-7,14-15,17H,8-13H2,1-2H3/t14-,15+,17?,21?. The third-order valence-corrected chi connectivity index (χ3v) is 7.06. The summed E-state index contributed by atoms with van der Waals surface area (Å²) in [5.74, 6) is 0.988. The SMILES string of the molecule is CN1C(=O)N(CC(=O)c2ccccc2)C(=O)C1(C)C1C[C@H]2CC[C@@H]1CC2. The Morgan fingerprint density at radius 2 is 1.77 bits per heavy atom. The van der Waals surface area contributed by atoms with E-state index in [0.717, 1.165) is 24.2 Å². The normalized spacial score (nSPS) is 33.8. The Bertz CT molecular complexity index is 739. The number of Topliss-reactive ketones (excluding diaryl/α,β-unsaturated/α-hetero) is 1. The Balaban J connectivity index is 1.58. The monoisotopic (exact) mass is 354 g/mol. The van der Waals surface area contributed by atoms with E-state index in [1.807, 2.05) is 13.0 Å². The van der Waals surface area contributed by atoms with Crippen LogP contribution < -0.4 is 0 Å². The van der Waals surface area contributed by atoms with Crippen LogP contribution in [-0.2, 0) is 4.79 Å². The summed E-state index contributed by atoms with van der Waals surface area (Å²) in [6.07, 6.45) is 5.83. The van der Waals surface area contributed by atoms with E-state index >= 15 is 0 Å². The van der Waals surface area contributed by atoms with E-state index < -0.39 is 5.54 Å². The number of fused-ring (bicyclic) bond motifs is 3. The maximum Gasteiger partial charge on any atom is 0.327 e. The second-order valence-electron chi connectivity index (χ2n) is 8.29. The molecule has 0 radical (unpaired) electrons. The van der Waals surface area contributed by atoms with Crippen LogP contribution in [0.4, 0.5) is 4.79 Å². The number of benzene rings is 1. The van der Waals surface area contributed by atoms with Crippen LogP contribution in [0.1, 0.15) is 49.4 Å². The van der Waals surface area contributed by atoms with E-state index in [-0.39, 0.29) is 30.2 Å². The summed E-state index contributed by atoms with van der Waals surface area (Å²) in [7, 11) is 1.72. The fraction of sp³-hybridized carbons (Fsp3) is 0.571. The molecular weight excluding hydrogens is 328 g/mol. The molecule has 138 valence electrons. The predicted molar refractivity (Wildman–Crippen MR) is 97.6 cm³/mol. The number of likely N-dealkylation sites (N-methyl/N-ethyl adjacent to an activating group) is 1. The molecule has 1 aromatic rings. The Morgan fingerprint density at radius 3 is 2.35 bits per heavy atom. The molecule has 2 unspecified atom stereocenters. The zero-order chi connectivity index (χ0) is 18.5. The molecule has 2 bridgehead atoms. The van der Waals surface area contributed by atoms with E-state index in [2.05, 4.69) is 0 Å². The highest BCUT2D eigenvalue weighted by Crippen LogP contribution is 2.52. The van der Waals surface area contributed by atoms with Gasteiger partial charge in [0.05, 0.1) is 6.54 Å². The summed E-state index contributed by atoms with van der Waals surface area (Å²) in [6.45, 7) is 1.73. The number of carbonyl (C=O) groups is 3. The Labute approximate surface area is 154 Å². The van der Waals surface area contributed by atoms with Crippen LogP contribution in [0.5, 0.6) is 0 Å². The number of hydrogen-bond acceptors (Lipinski definition) is 3. The van der Waals surface area contributed by atoms with Crippen molar-refractivity contribution in [1.82, 2.24) is 9.80 Å². The first-order valence-corrected chi connectivity index (χ1v) is 9.61. The van der Waals surface area contributed by atoms with Gasteiger partial charge in [0.25, 0.3) is 5.91 Å². The summed E-state index contributed by atoms with van der Waals surface area (Å²) in [6, 6.07) is 8.51. The van der Waals surface area contributed by atoms with E-state index in [1.54, 1.807) is 36.2 Å². The van der Waals surface area contributed by atoms with Gasteiger partial charge in [0.15, 0.2) is 5.78 Å². The molecule has 0 spiro atoms. The minimum atomic E-state index is -0.822. The largest absolute Gasteiger partial charge is 0.327 e. The zero-order valence-corrected chi connectivity index (χ0v) is 15.5. The molecule has 3 amide bonds. The first-order valence-electron chi connectivity index (χ1n) is 9.61. The molecule has 4 fully saturated rings. The maximum atomic E-state index is 13.3. The fourth-order valence-corrected chi connectivity index (χ4v) is 5.36. The molecule has 5 rings (SSSR count). The van der Waals surface area contributed by atoms with Crippen molar-refractivity contribution in [2.75, 3.05) is 13.6 Å². The van der Waals surface area contributed by atoms with Crippen LogP contribution in [0.15, 0.2) is 30.3 Å². The topological polar surface area (TPSA) is 57.7 Å². The van der Waals surface area contributed by atoms with Gasteiger partial charge >= 0.3 is 6.03 Å². The van der Waals surface area contributed by atoms with E-state index in [0.29, 0.717) is 17.4 Å². The van der Waals surface area contributed by atoms with Crippen molar-refractivity contribution in [3.05, 3.63) is 35.9 Å². The molecule has 3 aliphatic carbocycles. The van der Waals surface area contributed by atoms with Crippen LogP contribution in [0.25, 0.3) is 0 Å². The van der Waals surface area contributed by atoms with Crippen molar-refractivity contribution in [2.45, 2.75) is 44.6 Å². The number of amides is 3. The van der Waals surface area contributed by atoms with Crippen LogP contribution >= 0.6 is 0 Å². The lowest BCUT2D eigenvalue weighted by molar-refractivity contribution is -0.138. The van der Waals surface area contributed by atoms with Crippen molar-refractivity contribution in [3.8, 4) is 0 Å². The third-order valence-electron chi connectivity index (χ3n) is 7.06. The molecule has 5 nitrogen and oxygen atoms in total. The minimum absolute atomic E-state index is 0.178. The highest BCUT2D eigenvalue weighted by atomic mass is 16.2. The molecule has 3 saturated carbocycles. The van der Waals surface area contributed by atoms with Crippen LogP contribution in [0.2, 0.25) is 0 Å². The van der Waals surface area contributed by atoms with Crippen molar-refractivity contribution in [1.29, 1.82) is 0 Å². The van der Waals surface area contributed by atoms with Gasteiger partial charge in [-0.2, -0.15) is 0 Å². The number of carbonyl (C=O) groups excluding carboxylic acids is 3. The van der Waals surface area contributed by atoms with Gasteiger partial charge in [0.2, 0.25) is 0 Å². The fourth-order valence-electron chi connectivity index (χ4n) is 5.36. The average Bonchev–Trinajstić information content (AvgIpc) is 2.85. The molecule has 2 atom stereocenters. The zero-order valence-electron chi connectivity index (χ0n) is 15.5. The molecule has 1 aromatic carbocycles. The second kappa shape index (κ2) is 6.22. The number of rotatable bonds is 4. The van der Waals surface area contributed by atoms with Gasteiger partial charge in [0, 0.05) is 12.6 Å². The van der Waals surface area contributed by atoms with Crippen molar-refractivity contribution >= 4 is 17.7 Å². The first-order chi connectivity index (χ1) is 12.4. The molecule has 4 aliphatic rings. The summed E-state index contributed by atoms with van der Waals surface area (Å²) < 4.78 is 0. The quantitative estimate of drug-likeness (QED) is 0.615. The molecule has 1 aliphatic heterocycles. The highest BCUT2D eigenvalue weighted by Gasteiger charge is 2.60. The molecule has 1 saturated heterocycles. The summed E-state index contributed by atoms with van der Waals surface area (Å²) in [5.41, 5.74) is -0.293. The lowest BCUT2D eigenvalue weighted by atomic mass is 9.59. The summed E-state index contributed by atoms with van der Waals surface area (Å²) in [4.78, 5) is 41.4. The lowest BCUT2D eigenvalue weighted by Gasteiger charge is -2.49. The molecular formula is C21H26N2O3. The van der Waals surface area contributed by atoms with Crippen LogP contribution in [-0.4, -0.2) is 46.7 Å². The summed E-state index contributed by atoms with van der Waals surface area (Å²) >= 11 is 0. The van der Waals surface area contributed by atoms with Gasteiger partial charge in [-0.25, -0.2) is 4.79 Å². The third kappa shape index (κ3) is 2.48. The van der Waals surface area contributed by atoms with Crippen LogP contribution in [0, 0.1) is 17.8 Å². The van der Waals surface area contributed by atoms with Crippen molar-refractivity contribution < 1.29 is 14.4 Å². The van der Waals surface area contributed by atoms with Gasteiger partial charge in [-0.05, 0) is 43.9 Å². The van der Waals surface area contributed by atoms with Gasteiger partial charge < -0.3 is 4.90 Å². The smallest absolute Gasteiger partial charge is 0.313 e. The van der Waals surface area contributed by atoms with Gasteiger partial charge in [-0.15, -0.1) is 0 Å². The molecule has 5 heteroatoms. The van der Waals surface area contributed by atoms with Gasteiger partial charge in [0.1, 0.15) is 5.54 Å². The maximum absolute atomic E-state index is 13.3. The first kappa shape index (κ1) is 17.3. The van der Waals surface area contributed by atoms with E-state index in [4.69, 9.17) is 0 Å². The Kier molecular flexibility index (Phi) is 4.13. The molecule has 0 aromatic heterocycles. The number of urea groups is 1. The van der Waals surface area contributed by atoms with E-state index in [9.17, 15) is 14.4 Å². The van der Waals surface area contributed by atoms with Crippen molar-refractivity contribution in [3.63, 3.8) is 0 Å². The Morgan fingerprint density at radius 1 is 1.12 bits per heavy atom. The molecule has 1 heterocycles. The second-order valence-corrected chi connectivity index (χ2v) is 8.29. The van der Waals surface area contributed by atoms with Crippen LogP contribution in [0.3, 0.4) is 0 Å². The summed E-state index contributed by atoms with van der Waals surface area (Å²) in [5, 5.41) is 0. The number of ketones is 1. The lowest BCUT2D eigenvalue weighted by Crippen LogP contribution is -2.56. The number of hydrogen-bond donors (Lipinski definition) is 0. The number of nitrogens with zero attached hydrogens (tertiary/aromatic N) is 2. The van der Waals surface area contributed by atoms with Crippen molar-refractivity contribution in [2.24, 2.45) is 17.8 Å². The highest BCUT2D eigenvalue weighted by molar-refractivity contribution is 6.11. The minimum Gasteiger partial charge on any atom is -0.313 e.